The molecular formula is C19H19NaO3. The Morgan fingerprint density at radius 3 is 1.57 bits per heavy atom. The van der Waals surface area contributed by atoms with Crippen LogP contribution in [0.25, 0.3) is 12.2 Å². The van der Waals surface area contributed by atoms with Gasteiger partial charge in [-0.05, 0) is 26.0 Å². The van der Waals surface area contributed by atoms with Crippen LogP contribution in [0, 0.1) is 0 Å². The molecule has 0 aromatic heterocycles. The molecule has 0 aliphatic carbocycles. The van der Waals surface area contributed by atoms with Crippen LogP contribution in [0.1, 0.15) is 25.0 Å². The third kappa shape index (κ3) is 7.33. The quantitative estimate of drug-likeness (QED) is 0.694. The topological polar surface area (TPSA) is 46.5 Å². The van der Waals surface area contributed by atoms with E-state index < -0.39 is 0 Å². The molecule has 0 radical (unpaired) electrons. The molecule has 3 nitrogen and oxygen atoms in total. The number of allylic oxidation sites excluding steroid dienone is 2. The maximum atomic E-state index is 8.24. The van der Waals surface area contributed by atoms with Crippen LogP contribution >= 0.6 is 0 Å². The van der Waals surface area contributed by atoms with Gasteiger partial charge in [0.1, 0.15) is 11.5 Å². The number of hydrogen-bond acceptors (Lipinski definition) is 2. The van der Waals surface area contributed by atoms with Crippen molar-refractivity contribution in [3.63, 3.8) is 0 Å². The molecule has 0 spiro atoms. The van der Waals surface area contributed by atoms with Crippen molar-refractivity contribution in [2.24, 2.45) is 0 Å². The zero-order chi connectivity index (χ0) is 16.2. The number of para-hydroxylation sites is 2. The summed E-state index contributed by atoms with van der Waals surface area (Å²) in [6.45, 7) is 4.51. The Labute approximate surface area is 159 Å². The van der Waals surface area contributed by atoms with Gasteiger partial charge in [0.05, 0.1) is 0 Å². The van der Waals surface area contributed by atoms with Gasteiger partial charge in [0.15, 0.2) is 0 Å². The Kier molecular flexibility index (Phi) is 11.7. The summed E-state index contributed by atoms with van der Waals surface area (Å²) in [5.74, 6) is 1.75. The summed E-state index contributed by atoms with van der Waals surface area (Å²) in [5.41, 5.74) is 2.17. The Morgan fingerprint density at radius 2 is 1.22 bits per heavy atom. The summed E-state index contributed by atoms with van der Waals surface area (Å²) in [7, 11) is 0. The number of benzene rings is 2. The van der Waals surface area contributed by atoms with Gasteiger partial charge in [-0.1, -0.05) is 67.2 Å². The average Bonchev–Trinajstić information content (AvgIpc) is 2.52. The maximum absolute atomic E-state index is 8.24. The van der Waals surface area contributed by atoms with Gasteiger partial charge in [-0.3, -0.25) is 0 Å². The first kappa shape index (κ1) is 21.2. The molecule has 0 heterocycles. The van der Waals surface area contributed by atoms with Gasteiger partial charge < -0.3 is 14.6 Å². The van der Waals surface area contributed by atoms with Crippen molar-refractivity contribution in [1.29, 1.82) is 0 Å². The van der Waals surface area contributed by atoms with Gasteiger partial charge in [0.2, 0.25) is 0 Å². The van der Waals surface area contributed by atoms with E-state index >= 15 is 0 Å². The van der Waals surface area contributed by atoms with Crippen LogP contribution in [0.4, 0.5) is 0 Å². The molecule has 2 rings (SSSR count). The van der Waals surface area contributed by atoms with Gasteiger partial charge in [-0.2, -0.15) is 0 Å². The largest absolute Gasteiger partial charge is 1.00 e. The van der Waals surface area contributed by atoms with Crippen LogP contribution < -0.4 is 34.3 Å². The van der Waals surface area contributed by atoms with Crippen molar-refractivity contribution in [1.82, 2.24) is 0 Å². The first-order valence-corrected chi connectivity index (χ1v) is 6.89. The Balaban J connectivity index is 0.00000112. The first-order valence-electron chi connectivity index (χ1n) is 6.89. The number of hydrogen-bond donors (Lipinski definition) is 1. The summed E-state index contributed by atoms with van der Waals surface area (Å²) in [4.78, 5) is 8.24. The second-order valence-corrected chi connectivity index (χ2v) is 4.27. The molecule has 114 valence electrons. The van der Waals surface area contributed by atoms with E-state index in [0.717, 1.165) is 22.6 Å². The monoisotopic (exact) mass is 318 g/mol. The molecule has 0 saturated carbocycles. The van der Waals surface area contributed by atoms with Gasteiger partial charge in [0, 0.05) is 11.1 Å². The van der Waals surface area contributed by atoms with E-state index in [4.69, 9.17) is 14.6 Å². The molecule has 0 amide bonds. The predicted octanol–water partition coefficient (Wildman–Crippen LogP) is 2.16. The fourth-order valence-electron chi connectivity index (χ4n) is 1.90. The number of aliphatic hydroxyl groups excluding tert-OH is 1. The van der Waals surface area contributed by atoms with Crippen molar-refractivity contribution < 1.29 is 44.2 Å². The maximum Gasteiger partial charge on any atom is 1.00 e. The van der Waals surface area contributed by atoms with Crippen molar-refractivity contribution in [2.45, 2.75) is 13.8 Å². The van der Waals surface area contributed by atoms with E-state index in [0.29, 0.717) is 6.47 Å². The van der Waals surface area contributed by atoms with Crippen molar-refractivity contribution in [3.05, 3.63) is 71.8 Å². The first-order chi connectivity index (χ1) is 10.8. The molecule has 0 fully saturated rings. The second kappa shape index (κ2) is 12.7. The minimum absolute atomic E-state index is 0. The third-order valence-corrected chi connectivity index (χ3v) is 2.75. The molecule has 2 aromatic carbocycles. The van der Waals surface area contributed by atoms with Crippen LogP contribution in [0.3, 0.4) is 0 Å². The minimum atomic E-state index is 0. The van der Waals surface area contributed by atoms with Crippen molar-refractivity contribution >= 4 is 18.6 Å². The standard InChI is InChI=1S/C18H18O.CHO2.Na/c1-3-9-15-11-5-7-13-17(15)19-18-14-8-6-12-16(18)10-4-2;2-1-3;/h3-14H,1-2H3;(H,2,3);/q;-1;+1. The second-order valence-electron chi connectivity index (χ2n) is 4.27. The smallest absolute Gasteiger partial charge is 0.665 e. The van der Waals surface area contributed by atoms with E-state index in [9.17, 15) is 0 Å². The summed E-state index contributed by atoms with van der Waals surface area (Å²) in [5, 5.41) is 6.76. The summed E-state index contributed by atoms with van der Waals surface area (Å²) in [6, 6.07) is 16.1. The van der Waals surface area contributed by atoms with E-state index in [1.165, 1.54) is 0 Å². The molecule has 4 heteroatoms. The number of ether oxygens (including phenoxy) is 1. The fraction of sp³-hybridized carbons (Fsp3) is 0.105. The van der Waals surface area contributed by atoms with Gasteiger partial charge >= 0.3 is 29.6 Å². The van der Waals surface area contributed by atoms with Crippen LogP contribution in [-0.2, 0) is 4.79 Å². The Morgan fingerprint density at radius 1 is 0.870 bits per heavy atom. The molecule has 0 unspecified atom stereocenters. The summed E-state index contributed by atoms with van der Waals surface area (Å²) < 4.78 is 6.04. The minimum Gasteiger partial charge on any atom is -0.665 e. The molecule has 0 bridgehead atoms. The van der Waals surface area contributed by atoms with Gasteiger partial charge in [-0.25, -0.2) is 0 Å². The van der Waals surface area contributed by atoms with Gasteiger partial charge in [-0.15, -0.1) is 0 Å². The van der Waals surface area contributed by atoms with E-state index in [1.54, 1.807) is 0 Å². The van der Waals surface area contributed by atoms with Crippen LogP contribution in [-0.4, -0.2) is 11.6 Å². The van der Waals surface area contributed by atoms with Crippen molar-refractivity contribution in [3.8, 4) is 11.5 Å². The Hall–Kier alpha value is -1.81. The zero-order valence-corrected chi connectivity index (χ0v) is 15.7. The van der Waals surface area contributed by atoms with Gasteiger partial charge in [0.25, 0.3) is 0 Å². The van der Waals surface area contributed by atoms with Crippen LogP contribution in [0.2, 0.25) is 0 Å². The van der Waals surface area contributed by atoms with E-state index in [2.05, 4.69) is 0 Å². The average molecular weight is 318 g/mol. The molecular weight excluding hydrogens is 299 g/mol. The molecule has 0 saturated heterocycles. The van der Waals surface area contributed by atoms with Crippen LogP contribution in [0.15, 0.2) is 60.7 Å². The zero-order valence-electron chi connectivity index (χ0n) is 13.7. The Bertz CT molecular complexity index is 595. The fourth-order valence-corrected chi connectivity index (χ4v) is 1.90. The molecule has 0 atom stereocenters. The number of rotatable bonds is 4. The van der Waals surface area contributed by atoms with Crippen molar-refractivity contribution in [2.75, 3.05) is 0 Å². The molecule has 23 heavy (non-hydrogen) atoms. The normalized spacial score (nSPS) is 9.83. The predicted molar refractivity (Wildman–Crippen MR) is 90.7 cm³/mol. The summed E-state index contributed by atoms with van der Waals surface area (Å²) >= 11 is 0. The van der Waals surface area contributed by atoms with E-state index in [-0.39, 0.29) is 29.6 Å². The van der Waals surface area contributed by atoms with Crippen LogP contribution in [0.5, 0.6) is 11.5 Å². The molecule has 1 N–H and O–H groups in total. The third-order valence-electron chi connectivity index (χ3n) is 2.75. The van der Waals surface area contributed by atoms with E-state index in [1.807, 2.05) is 86.7 Å². The molecule has 2 aromatic rings. The molecule has 0 aliphatic heterocycles. The summed E-state index contributed by atoms with van der Waals surface area (Å²) in [6.07, 6.45) is 8.13. The molecule has 0 aliphatic rings. The SMILES string of the molecule is CC=Cc1ccccc1Oc1ccccc1C=CC.O=[C-]O.[Na+].